The molecule has 1 aromatic carbocycles. The summed E-state index contributed by atoms with van der Waals surface area (Å²) in [5.74, 6) is -0.618. The summed E-state index contributed by atoms with van der Waals surface area (Å²) in [6.07, 6.45) is 1.59. The average molecular weight is 366 g/mol. The van der Waals surface area contributed by atoms with Crippen LogP contribution in [0.5, 0.6) is 0 Å². The summed E-state index contributed by atoms with van der Waals surface area (Å²) in [4.78, 5) is 12.3. The topological polar surface area (TPSA) is 64.2 Å². The van der Waals surface area contributed by atoms with Crippen LogP contribution in [-0.4, -0.2) is 24.3 Å². The maximum atomic E-state index is 12.3. The first-order chi connectivity index (χ1) is 12.9. The molecular formula is C22H26N2O3. The lowest BCUT2D eigenvalue weighted by Gasteiger charge is -2.17. The molecule has 1 aromatic heterocycles. The Hall–Kier alpha value is -2.84. The summed E-state index contributed by atoms with van der Waals surface area (Å²) in [5, 5.41) is 9.41. The highest BCUT2D eigenvalue weighted by Gasteiger charge is 2.16. The van der Waals surface area contributed by atoms with Gasteiger partial charge in [-0.25, -0.2) is 4.79 Å². The molecule has 2 aromatic rings. The lowest BCUT2D eigenvalue weighted by molar-refractivity contribution is -0.139. The van der Waals surface area contributed by atoms with Crippen LogP contribution < -0.4 is 0 Å². The molecule has 1 atom stereocenters. The van der Waals surface area contributed by atoms with Crippen molar-refractivity contribution in [1.82, 2.24) is 4.57 Å². The minimum absolute atomic E-state index is 0.0123. The number of aryl methyl sites for hydroxylation is 2. The van der Waals surface area contributed by atoms with Gasteiger partial charge in [-0.15, -0.1) is 0 Å². The predicted octanol–water partition coefficient (Wildman–Crippen LogP) is 4.27. The second-order valence-electron chi connectivity index (χ2n) is 6.73. The minimum atomic E-state index is -0.618. The van der Waals surface area contributed by atoms with Crippen LogP contribution in [0.3, 0.4) is 0 Å². The summed E-state index contributed by atoms with van der Waals surface area (Å²) >= 11 is 0. The highest BCUT2D eigenvalue weighted by Crippen LogP contribution is 2.23. The molecule has 0 bridgehead atoms. The number of hydrogen-bond donors (Lipinski definition) is 0. The number of esters is 1. The van der Waals surface area contributed by atoms with Gasteiger partial charge < -0.3 is 14.0 Å². The molecule has 1 heterocycles. The Labute approximate surface area is 160 Å². The number of benzene rings is 1. The van der Waals surface area contributed by atoms with E-state index in [9.17, 15) is 10.1 Å². The predicted molar refractivity (Wildman–Crippen MR) is 105 cm³/mol. The Bertz CT molecular complexity index is 870. The molecular weight excluding hydrogens is 340 g/mol. The number of aromatic nitrogens is 1. The van der Waals surface area contributed by atoms with Crippen molar-refractivity contribution in [2.45, 2.75) is 40.3 Å². The number of carbonyl (C=O) groups is 1. The summed E-state index contributed by atoms with van der Waals surface area (Å²) in [6, 6.07) is 11.8. The average Bonchev–Trinajstić information content (AvgIpc) is 2.92. The molecule has 0 N–H and O–H groups in total. The van der Waals surface area contributed by atoms with E-state index in [0.29, 0.717) is 6.61 Å². The van der Waals surface area contributed by atoms with Gasteiger partial charge in [0.1, 0.15) is 18.2 Å². The lowest BCUT2D eigenvalue weighted by Crippen LogP contribution is -2.13. The molecule has 142 valence electrons. The van der Waals surface area contributed by atoms with E-state index in [2.05, 4.69) is 11.5 Å². The first-order valence-corrected chi connectivity index (χ1v) is 8.89. The Kier molecular flexibility index (Phi) is 6.98. The third kappa shape index (κ3) is 5.08. The maximum absolute atomic E-state index is 12.3. The molecule has 2 rings (SSSR count). The van der Waals surface area contributed by atoms with E-state index in [1.54, 1.807) is 13.2 Å². The fraction of sp³-hybridized carbons (Fsp3) is 0.364. The molecule has 0 spiro atoms. The van der Waals surface area contributed by atoms with Crippen LogP contribution in [0.25, 0.3) is 6.08 Å². The van der Waals surface area contributed by atoms with Crippen molar-refractivity contribution in [3.05, 3.63) is 64.0 Å². The van der Waals surface area contributed by atoms with Gasteiger partial charge in [0.2, 0.25) is 0 Å². The van der Waals surface area contributed by atoms with E-state index >= 15 is 0 Å². The summed E-state index contributed by atoms with van der Waals surface area (Å²) in [5.41, 5.74) is 4.88. The minimum Gasteiger partial charge on any atom is -0.457 e. The van der Waals surface area contributed by atoms with Crippen molar-refractivity contribution in [3.8, 4) is 6.07 Å². The molecule has 0 radical (unpaired) electrons. The van der Waals surface area contributed by atoms with Crippen molar-refractivity contribution < 1.29 is 14.3 Å². The molecule has 0 aliphatic carbocycles. The zero-order valence-corrected chi connectivity index (χ0v) is 16.6. The molecule has 0 unspecified atom stereocenters. The molecule has 0 saturated heterocycles. The molecule has 0 aliphatic rings. The van der Waals surface area contributed by atoms with Crippen molar-refractivity contribution in [3.63, 3.8) is 0 Å². The first kappa shape index (κ1) is 20.5. The zero-order valence-electron chi connectivity index (χ0n) is 16.6. The highest BCUT2D eigenvalue weighted by atomic mass is 16.5. The summed E-state index contributed by atoms with van der Waals surface area (Å²) in [7, 11) is 1.67. The van der Waals surface area contributed by atoms with E-state index in [1.807, 2.05) is 57.2 Å². The van der Waals surface area contributed by atoms with Gasteiger partial charge in [-0.05, 0) is 51.0 Å². The maximum Gasteiger partial charge on any atom is 0.349 e. The second kappa shape index (κ2) is 9.20. The van der Waals surface area contributed by atoms with Crippen LogP contribution in [0.4, 0.5) is 0 Å². The largest absolute Gasteiger partial charge is 0.457 e. The number of hydrogen-bond acceptors (Lipinski definition) is 4. The number of nitrogens with zero attached hydrogens (tertiary/aromatic N) is 2. The van der Waals surface area contributed by atoms with E-state index in [0.717, 1.165) is 28.1 Å². The van der Waals surface area contributed by atoms with Crippen molar-refractivity contribution >= 4 is 12.0 Å². The van der Waals surface area contributed by atoms with Crippen LogP contribution in [0.15, 0.2) is 35.9 Å². The Morgan fingerprint density at radius 1 is 1.26 bits per heavy atom. The smallest absolute Gasteiger partial charge is 0.349 e. The van der Waals surface area contributed by atoms with Crippen LogP contribution in [0.1, 0.15) is 41.0 Å². The number of nitriles is 1. The van der Waals surface area contributed by atoms with Gasteiger partial charge in [0.15, 0.2) is 0 Å². The summed E-state index contributed by atoms with van der Waals surface area (Å²) in [6.45, 7) is 8.76. The van der Waals surface area contributed by atoms with E-state index in [1.165, 1.54) is 0 Å². The van der Waals surface area contributed by atoms with Crippen LogP contribution in [-0.2, 0) is 20.9 Å². The van der Waals surface area contributed by atoms with Crippen LogP contribution >= 0.6 is 0 Å². The molecule has 0 aliphatic heterocycles. The quantitative estimate of drug-likeness (QED) is 0.417. The molecule has 27 heavy (non-hydrogen) atoms. The van der Waals surface area contributed by atoms with Crippen LogP contribution in [0, 0.1) is 32.1 Å². The molecule has 5 nitrogen and oxygen atoms in total. The Morgan fingerprint density at radius 2 is 1.93 bits per heavy atom. The fourth-order valence-corrected chi connectivity index (χ4v) is 3.15. The van der Waals surface area contributed by atoms with Crippen molar-refractivity contribution in [2.24, 2.45) is 0 Å². The number of ether oxygens (including phenoxy) is 2. The van der Waals surface area contributed by atoms with E-state index in [-0.39, 0.29) is 18.2 Å². The van der Waals surface area contributed by atoms with Gasteiger partial charge in [0, 0.05) is 18.5 Å². The van der Waals surface area contributed by atoms with E-state index < -0.39 is 5.97 Å². The number of rotatable bonds is 7. The van der Waals surface area contributed by atoms with Gasteiger partial charge >= 0.3 is 5.97 Å². The van der Waals surface area contributed by atoms with E-state index in [4.69, 9.17) is 9.47 Å². The van der Waals surface area contributed by atoms with Crippen LogP contribution in [0.2, 0.25) is 0 Å². The van der Waals surface area contributed by atoms with Gasteiger partial charge in [-0.1, -0.05) is 29.8 Å². The first-order valence-electron chi connectivity index (χ1n) is 8.89. The molecule has 0 fully saturated rings. The Morgan fingerprint density at radius 3 is 2.52 bits per heavy atom. The monoisotopic (exact) mass is 366 g/mol. The highest BCUT2D eigenvalue weighted by molar-refractivity contribution is 5.98. The Balaban J connectivity index is 2.17. The molecule has 0 saturated carbocycles. The van der Waals surface area contributed by atoms with Crippen molar-refractivity contribution in [2.75, 3.05) is 13.7 Å². The fourth-order valence-electron chi connectivity index (χ4n) is 3.15. The molecule has 5 heteroatoms. The third-order valence-electron chi connectivity index (χ3n) is 4.50. The number of carbonyl (C=O) groups excluding carboxylic acids is 1. The normalized spacial score (nSPS) is 12.5. The SMILES string of the molecule is COC[C@@H](C)n1c(C)cc(/C=C(\C#N)C(=O)OCc2ccc(C)cc2)c1C. The number of methoxy groups -OCH3 is 1. The van der Waals surface area contributed by atoms with Gasteiger partial charge in [-0.3, -0.25) is 0 Å². The van der Waals surface area contributed by atoms with Gasteiger partial charge in [0.25, 0.3) is 0 Å². The molecule has 0 amide bonds. The second-order valence-corrected chi connectivity index (χ2v) is 6.73. The van der Waals surface area contributed by atoms with Gasteiger partial charge in [0.05, 0.1) is 12.6 Å². The summed E-state index contributed by atoms with van der Waals surface area (Å²) < 4.78 is 12.7. The third-order valence-corrected chi connectivity index (χ3v) is 4.50. The zero-order chi connectivity index (χ0) is 20.0. The van der Waals surface area contributed by atoms with Crippen molar-refractivity contribution in [1.29, 1.82) is 5.26 Å². The lowest BCUT2D eigenvalue weighted by atomic mass is 10.1. The standard InChI is InChI=1S/C22H26N2O3/c1-15-6-8-19(9-7-15)14-27-22(25)21(12-23)11-20-10-16(2)24(18(20)4)17(3)13-26-5/h6-11,17H,13-14H2,1-5H3/b21-11+/t17-/m1/s1. The van der Waals surface area contributed by atoms with Gasteiger partial charge in [-0.2, -0.15) is 5.26 Å².